The van der Waals surface area contributed by atoms with Crippen LogP contribution in [0.4, 0.5) is 0 Å². The molecule has 114 valence electrons. The van der Waals surface area contributed by atoms with Crippen molar-refractivity contribution in [1.29, 1.82) is 0 Å². The minimum Gasteiger partial charge on any atom is -0.481 e. The molecule has 1 aromatic carbocycles. The number of terminal acetylenes is 1. The zero-order valence-electron chi connectivity index (χ0n) is 11.9. The highest BCUT2D eigenvalue weighted by atomic mass is 79.9. The van der Waals surface area contributed by atoms with Gasteiger partial charge in [0.05, 0.1) is 13.2 Å². The van der Waals surface area contributed by atoms with E-state index in [0.717, 1.165) is 10.0 Å². The van der Waals surface area contributed by atoms with Crippen molar-refractivity contribution in [3.8, 4) is 18.1 Å². The van der Waals surface area contributed by atoms with Gasteiger partial charge in [0.25, 0.3) is 0 Å². The predicted molar refractivity (Wildman–Crippen MR) is 85.1 cm³/mol. The van der Waals surface area contributed by atoms with Gasteiger partial charge in [-0.3, -0.25) is 4.79 Å². The van der Waals surface area contributed by atoms with Gasteiger partial charge in [-0.05, 0) is 18.2 Å². The van der Waals surface area contributed by atoms with Crippen LogP contribution in [0.2, 0.25) is 0 Å². The third-order valence-corrected chi connectivity index (χ3v) is 3.06. The van der Waals surface area contributed by atoms with E-state index in [4.69, 9.17) is 15.9 Å². The van der Waals surface area contributed by atoms with E-state index in [1.54, 1.807) is 7.11 Å². The molecule has 6 heteroatoms. The Morgan fingerprint density at radius 2 is 2.29 bits per heavy atom. The lowest BCUT2D eigenvalue weighted by atomic mass is 10.2. The van der Waals surface area contributed by atoms with Gasteiger partial charge < -0.3 is 20.1 Å². The molecule has 0 unspecified atom stereocenters. The topological polar surface area (TPSA) is 59.6 Å². The quantitative estimate of drug-likeness (QED) is 0.518. The summed E-state index contributed by atoms with van der Waals surface area (Å²) in [5.41, 5.74) is 0.935. The van der Waals surface area contributed by atoms with Crippen LogP contribution in [0.5, 0.6) is 5.75 Å². The highest BCUT2D eigenvalue weighted by molar-refractivity contribution is 9.10. The number of nitrogens with one attached hydrogen (secondary N) is 2. The Hall–Kier alpha value is -1.55. The van der Waals surface area contributed by atoms with Gasteiger partial charge in [-0.25, -0.2) is 0 Å². The first-order chi connectivity index (χ1) is 10.2. The molecule has 0 aliphatic carbocycles. The number of ether oxygens (including phenoxy) is 2. The van der Waals surface area contributed by atoms with E-state index >= 15 is 0 Å². The summed E-state index contributed by atoms with van der Waals surface area (Å²) in [6, 6.07) is 5.66. The van der Waals surface area contributed by atoms with E-state index in [-0.39, 0.29) is 19.1 Å². The highest BCUT2D eigenvalue weighted by Gasteiger charge is 2.06. The average molecular weight is 355 g/mol. The lowest BCUT2D eigenvalue weighted by Crippen LogP contribution is -2.35. The summed E-state index contributed by atoms with van der Waals surface area (Å²) < 4.78 is 11.3. The van der Waals surface area contributed by atoms with Crippen molar-refractivity contribution in [2.75, 3.05) is 33.4 Å². The summed E-state index contributed by atoms with van der Waals surface area (Å²) in [6.07, 6.45) is 5.19. The Labute approximate surface area is 133 Å². The molecule has 0 saturated carbocycles. The summed E-state index contributed by atoms with van der Waals surface area (Å²) in [4.78, 5) is 11.5. The zero-order chi connectivity index (χ0) is 15.5. The van der Waals surface area contributed by atoms with Gasteiger partial charge in [-0.2, -0.15) is 0 Å². The lowest BCUT2D eigenvalue weighted by Gasteiger charge is -2.11. The summed E-state index contributed by atoms with van der Waals surface area (Å²) in [7, 11) is 1.59. The molecule has 0 saturated heterocycles. The zero-order valence-corrected chi connectivity index (χ0v) is 13.5. The molecule has 0 aliphatic heterocycles. The predicted octanol–water partition coefficient (Wildman–Crippen LogP) is 1.31. The monoisotopic (exact) mass is 354 g/mol. The minimum absolute atomic E-state index is 0.0758. The fraction of sp³-hybridized carbons (Fsp3) is 0.400. The van der Waals surface area contributed by atoms with Crippen LogP contribution < -0.4 is 15.4 Å². The fourth-order valence-electron chi connectivity index (χ4n) is 1.61. The summed E-state index contributed by atoms with van der Waals surface area (Å²) in [6.45, 7) is 1.96. The van der Waals surface area contributed by atoms with Crippen molar-refractivity contribution >= 4 is 21.8 Å². The van der Waals surface area contributed by atoms with Gasteiger partial charge in [0, 0.05) is 30.2 Å². The van der Waals surface area contributed by atoms with Gasteiger partial charge >= 0.3 is 0 Å². The number of hydrogen-bond donors (Lipinski definition) is 2. The number of rotatable bonds is 9. The Morgan fingerprint density at radius 3 is 3.00 bits per heavy atom. The third-order valence-electron chi connectivity index (χ3n) is 2.56. The smallest absolute Gasteiger partial charge is 0.234 e. The molecule has 0 aromatic heterocycles. The molecule has 1 amide bonds. The fourth-order valence-corrected chi connectivity index (χ4v) is 2.02. The molecule has 1 aromatic rings. The second kappa shape index (κ2) is 10.2. The summed E-state index contributed by atoms with van der Waals surface area (Å²) in [5, 5.41) is 5.80. The molecule has 2 N–H and O–H groups in total. The molecular formula is C15H19BrN2O3. The van der Waals surface area contributed by atoms with E-state index < -0.39 is 0 Å². The van der Waals surface area contributed by atoms with Crippen LogP contribution >= 0.6 is 15.9 Å². The number of carbonyl (C=O) groups is 1. The van der Waals surface area contributed by atoms with Crippen LogP contribution in [-0.4, -0.2) is 39.3 Å². The summed E-state index contributed by atoms with van der Waals surface area (Å²) in [5.74, 6) is 3.07. The normalized spacial score (nSPS) is 9.95. The van der Waals surface area contributed by atoms with E-state index in [1.165, 1.54) is 0 Å². The van der Waals surface area contributed by atoms with E-state index in [9.17, 15) is 4.79 Å². The molecule has 5 nitrogen and oxygen atoms in total. The van der Waals surface area contributed by atoms with Crippen LogP contribution in [0.15, 0.2) is 22.7 Å². The van der Waals surface area contributed by atoms with E-state index in [2.05, 4.69) is 32.5 Å². The standard InChI is InChI=1S/C15H19BrN2O3/c1-3-7-21-14-5-4-13(16)9-12(14)10-17-11-15(19)18-6-8-20-2/h1,4-5,9,17H,6-8,10-11H2,2H3,(H,18,19). The Kier molecular flexibility index (Phi) is 8.51. The highest BCUT2D eigenvalue weighted by Crippen LogP contribution is 2.23. The van der Waals surface area contributed by atoms with Gasteiger partial charge in [0.1, 0.15) is 12.4 Å². The Bertz CT molecular complexity index is 500. The first-order valence-corrected chi connectivity index (χ1v) is 7.27. The molecule has 0 bridgehead atoms. The Balaban J connectivity index is 2.45. The maximum absolute atomic E-state index is 11.5. The SMILES string of the molecule is C#CCOc1ccc(Br)cc1CNCC(=O)NCCOC. The number of benzene rings is 1. The van der Waals surface area contributed by atoms with E-state index in [0.29, 0.717) is 25.4 Å². The molecule has 0 fully saturated rings. The molecule has 21 heavy (non-hydrogen) atoms. The first kappa shape index (κ1) is 17.5. The number of methoxy groups -OCH3 is 1. The molecule has 0 aliphatic rings. The second-order valence-electron chi connectivity index (χ2n) is 4.19. The van der Waals surface area contributed by atoms with Gasteiger partial charge in [-0.1, -0.05) is 21.9 Å². The average Bonchev–Trinajstić information content (AvgIpc) is 2.47. The van der Waals surface area contributed by atoms with Gasteiger partial charge in [-0.15, -0.1) is 6.42 Å². The number of hydrogen-bond acceptors (Lipinski definition) is 4. The first-order valence-electron chi connectivity index (χ1n) is 6.48. The van der Waals surface area contributed by atoms with Crippen LogP contribution in [0.25, 0.3) is 0 Å². The third kappa shape index (κ3) is 7.14. The molecule has 0 heterocycles. The molecule has 0 spiro atoms. The minimum atomic E-state index is -0.0758. The van der Waals surface area contributed by atoms with Crippen LogP contribution in [0, 0.1) is 12.3 Å². The van der Waals surface area contributed by atoms with Crippen molar-refractivity contribution in [3.05, 3.63) is 28.2 Å². The van der Waals surface area contributed by atoms with Crippen molar-refractivity contribution in [1.82, 2.24) is 10.6 Å². The Morgan fingerprint density at radius 1 is 1.48 bits per heavy atom. The number of carbonyl (C=O) groups excluding carboxylic acids is 1. The summed E-state index contributed by atoms with van der Waals surface area (Å²) >= 11 is 3.41. The molecule has 0 atom stereocenters. The maximum atomic E-state index is 11.5. The van der Waals surface area contributed by atoms with Crippen molar-refractivity contribution in [2.45, 2.75) is 6.54 Å². The largest absolute Gasteiger partial charge is 0.481 e. The van der Waals surface area contributed by atoms with Gasteiger partial charge in [0.15, 0.2) is 0 Å². The molecule has 1 rings (SSSR count). The van der Waals surface area contributed by atoms with E-state index in [1.807, 2.05) is 18.2 Å². The van der Waals surface area contributed by atoms with Crippen molar-refractivity contribution in [3.63, 3.8) is 0 Å². The molecular weight excluding hydrogens is 336 g/mol. The lowest BCUT2D eigenvalue weighted by molar-refractivity contribution is -0.120. The van der Waals surface area contributed by atoms with Crippen LogP contribution in [0.1, 0.15) is 5.56 Å². The molecule has 0 radical (unpaired) electrons. The second-order valence-corrected chi connectivity index (χ2v) is 5.11. The maximum Gasteiger partial charge on any atom is 0.234 e. The number of halogens is 1. The number of amides is 1. The van der Waals surface area contributed by atoms with Gasteiger partial charge in [0.2, 0.25) is 5.91 Å². The van der Waals surface area contributed by atoms with Crippen molar-refractivity contribution < 1.29 is 14.3 Å². The van der Waals surface area contributed by atoms with Crippen LogP contribution in [-0.2, 0) is 16.1 Å². The van der Waals surface area contributed by atoms with Crippen LogP contribution in [0.3, 0.4) is 0 Å². The van der Waals surface area contributed by atoms with Crippen molar-refractivity contribution in [2.24, 2.45) is 0 Å².